The van der Waals surface area contributed by atoms with Crippen LogP contribution in [0.5, 0.6) is 5.75 Å². The van der Waals surface area contributed by atoms with Gasteiger partial charge in [0.1, 0.15) is 16.7 Å². The topological polar surface area (TPSA) is 79.8 Å². The van der Waals surface area contributed by atoms with E-state index >= 15 is 0 Å². The number of halogens is 5. The highest BCUT2D eigenvalue weighted by molar-refractivity contribution is 8.15. The van der Waals surface area contributed by atoms with E-state index < -0.39 is 52.4 Å². The molecule has 33 heavy (non-hydrogen) atoms. The van der Waals surface area contributed by atoms with Crippen LogP contribution >= 0.6 is 11.8 Å². The molecule has 3 rings (SSSR count). The Kier molecular flexibility index (Phi) is 6.96. The standard InChI is InChI=1S/C21H18F5N3O3S/c1-20(22,23)11-7-12(21(24,25)26)9-13(8-11)27-17(30)10-16-18(31)29-19(33-16)28-14-5-3-4-6-15(14)32-2/h3-9,16H,10H2,1-2H3,(H,27,30)(H,28,29,31). The summed E-state index contributed by atoms with van der Waals surface area (Å²) < 4.78 is 71.7. The van der Waals surface area contributed by atoms with Crippen LogP contribution < -0.4 is 15.4 Å². The Morgan fingerprint density at radius 3 is 2.45 bits per heavy atom. The molecule has 2 aromatic rings. The van der Waals surface area contributed by atoms with Gasteiger partial charge in [-0.3, -0.25) is 9.59 Å². The average Bonchev–Trinajstić information content (AvgIpc) is 3.05. The molecule has 0 aromatic heterocycles. The van der Waals surface area contributed by atoms with E-state index in [1.165, 1.54) is 7.11 Å². The van der Waals surface area contributed by atoms with Gasteiger partial charge in [0.15, 0.2) is 5.17 Å². The number of anilines is 1. The van der Waals surface area contributed by atoms with Crippen LogP contribution in [0.1, 0.15) is 24.5 Å². The summed E-state index contributed by atoms with van der Waals surface area (Å²) in [6.45, 7) is 0.455. The Morgan fingerprint density at radius 1 is 1.15 bits per heavy atom. The number of para-hydroxylation sites is 2. The van der Waals surface area contributed by atoms with E-state index in [0.717, 1.165) is 17.8 Å². The smallest absolute Gasteiger partial charge is 0.416 e. The number of benzene rings is 2. The van der Waals surface area contributed by atoms with Crippen molar-refractivity contribution in [1.82, 2.24) is 5.32 Å². The van der Waals surface area contributed by atoms with Crippen LogP contribution in [0.15, 0.2) is 47.5 Å². The highest BCUT2D eigenvalue weighted by Crippen LogP contribution is 2.37. The lowest BCUT2D eigenvalue weighted by atomic mass is 10.0. The van der Waals surface area contributed by atoms with Gasteiger partial charge in [-0.2, -0.15) is 13.2 Å². The molecule has 1 atom stereocenters. The Hall–Kier alpha value is -3.15. The molecule has 2 N–H and O–H groups in total. The van der Waals surface area contributed by atoms with Gasteiger partial charge in [-0.05, 0) is 30.3 Å². The zero-order chi connectivity index (χ0) is 24.4. The number of thioether (sulfide) groups is 1. The number of aliphatic imine (C=N–C) groups is 1. The van der Waals surface area contributed by atoms with Gasteiger partial charge >= 0.3 is 6.18 Å². The minimum absolute atomic E-state index is 0.217. The number of hydrogen-bond donors (Lipinski definition) is 2. The van der Waals surface area contributed by atoms with Crippen molar-refractivity contribution in [2.75, 3.05) is 12.4 Å². The summed E-state index contributed by atoms with van der Waals surface area (Å²) in [4.78, 5) is 28.9. The molecule has 2 amide bonds. The normalized spacial score (nSPS) is 17.7. The van der Waals surface area contributed by atoms with Gasteiger partial charge in [0.05, 0.1) is 12.7 Å². The van der Waals surface area contributed by atoms with E-state index in [0.29, 0.717) is 30.5 Å². The molecular weight excluding hydrogens is 469 g/mol. The third-order valence-corrected chi connectivity index (χ3v) is 5.59. The minimum Gasteiger partial charge on any atom is -0.494 e. The van der Waals surface area contributed by atoms with Crippen LogP contribution in [0.2, 0.25) is 0 Å². The van der Waals surface area contributed by atoms with Crippen LogP contribution in [0.3, 0.4) is 0 Å². The number of nitrogens with one attached hydrogen (secondary N) is 2. The Morgan fingerprint density at radius 2 is 1.82 bits per heavy atom. The summed E-state index contributed by atoms with van der Waals surface area (Å²) in [5.74, 6) is -4.42. The molecule has 0 aliphatic carbocycles. The molecule has 1 fully saturated rings. The summed E-state index contributed by atoms with van der Waals surface area (Å²) >= 11 is 0.959. The van der Waals surface area contributed by atoms with Gasteiger partial charge in [0, 0.05) is 24.6 Å². The number of hydrogen-bond acceptors (Lipinski definition) is 5. The van der Waals surface area contributed by atoms with E-state index in [9.17, 15) is 31.5 Å². The van der Waals surface area contributed by atoms with Crippen LogP contribution in [0, 0.1) is 0 Å². The van der Waals surface area contributed by atoms with Gasteiger partial charge in [-0.25, -0.2) is 13.8 Å². The van der Waals surface area contributed by atoms with Crippen molar-refractivity contribution in [3.8, 4) is 5.75 Å². The summed E-state index contributed by atoms with van der Waals surface area (Å²) in [7, 11) is 1.46. The van der Waals surface area contributed by atoms with Crippen molar-refractivity contribution in [1.29, 1.82) is 0 Å². The van der Waals surface area contributed by atoms with Crippen LogP contribution in [-0.2, 0) is 21.7 Å². The zero-order valence-corrected chi connectivity index (χ0v) is 18.1. The third kappa shape index (κ3) is 6.21. The summed E-state index contributed by atoms with van der Waals surface area (Å²) in [5, 5.41) is 4.00. The highest BCUT2D eigenvalue weighted by atomic mass is 32.2. The zero-order valence-electron chi connectivity index (χ0n) is 17.3. The molecule has 2 aromatic carbocycles. The second-order valence-electron chi connectivity index (χ2n) is 7.12. The number of amidine groups is 1. The second-order valence-corrected chi connectivity index (χ2v) is 8.31. The first-order chi connectivity index (χ1) is 15.4. The van der Waals surface area contributed by atoms with E-state index in [2.05, 4.69) is 15.6 Å². The fourth-order valence-electron chi connectivity index (χ4n) is 2.92. The lowest BCUT2D eigenvalue weighted by molar-refractivity contribution is -0.137. The molecule has 12 heteroatoms. The maximum absolute atomic E-state index is 13.6. The lowest BCUT2D eigenvalue weighted by Crippen LogP contribution is -2.28. The maximum Gasteiger partial charge on any atom is 0.416 e. The largest absolute Gasteiger partial charge is 0.494 e. The van der Waals surface area contributed by atoms with Crippen LogP contribution in [0.4, 0.5) is 33.3 Å². The average molecular weight is 487 g/mol. The number of methoxy groups -OCH3 is 1. The Balaban J connectivity index is 1.73. The first-order valence-corrected chi connectivity index (χ1v) is 10.3. The molecule has 1 aliphatic rings. The first-order valence-electron chi connectivity index (χ1n) is 9.46. The molecule has 6 nitrogen and oxygen atoms in total. The molecule has 176 valence electrons. The fourth-order valence-corrected chi connectivity index (χ4v) is 3.90. The van der Waals surface area contributed by atoms with Crippen molar-refractivity contribution in [3.05, 3.63) is 53.6 Å². The van der Waals surface area contributed by atoms with E-state index in [-0.39, 0.29) is 5.17 Å². The number of carbonyl (C=O) groups is 2. The number of ether oxygens (including phenoxy) is 1. The molecule has 1 saturated heterocycles. The van der Waals surface area contributed by atoms with Crippen molar-refractivity contribution in [2.45, 2.75) is 30.7 Å². The fraction of sp³-hybridized carbons (Fsp3) is 0.286. The Bertz CT molecular complexity index is 1070. The van der Waals surface area contributed by atoms with Crippen LogP contribution in [0.25, 0.3) is 0 Å². The molecule has 0 saturated carbocycles. The van der Waals surface area contributed by atoms with Crippen molar-refractivity contribution < 1.29 is 36.3 Å². The first kappa shape index (κ1) is 24.5. The summed E-state index contributed by atoms with van der Waals surface area (Å²) in [5.41, 5.74) is -2.22. The van der Waals surface area contributed by atoms with Crippen molar-refractivity contribution in [3.63, 3.8) is 0 Å². The van der Waals surface area contributed by atoms with E-state index in [1.54, 1.807) is 24.3 Å². The number of alkyl halides is 5. The molecule has 0 bridgehead atoms. The van der Waals surface area contributed by atoms with Crippen molar-refractivity contribution in [2.24, 2.45) is 4.99 Å². The summed E-state index contributed by atoms with van der Waals surface area (Å²) in [6.07, 6.45) is -5.29. The molecule has 0 spiro atoms. The predicted octanol–water partition coefficient (Wildman–Crippen LogP) is 5.07. The number of amides is 2. The Labute approximate surface area is 189 Å². The lowest BCUT2D eigenvalue weighted by Gasteiger charge is -2.17. The van der Waals surface area contributed by atoms with Gasteiger partial charge in [0.2, 0.25) is 11.8 Å². The van der Waals surface area contributed by atoms with Crippen LogP contribution in [-0.4, -0.2) is 29.3 Å². The van der Waals surface area contributed by atoms with Crippen molar-refractivity contribution >= 4 is 40.1 Å². The van der Waals surface area contributed by atoms with E-state index in [1.807, 2.05) is 0 Å². The van der Waals surface area contributed by atoms with Gasteiger partial charge < -0.3 is 15.4 Å². The number of nitrogens with zero attached hydrogens (tertiary/aromatic N) is 1. The quantitative estimate of drug-likeness (QED) is 0.558. The third-order valence-electron chi connectivity index (χ3n) is 4.51. The molecule has 1 unspecified atom stereocenters. The van der Waals surface area contributed by atoms with Gasteiger partial charge in [-0.15, -0.1) is 0 Å². The van der Waals surface area contributed by atoms with E-state index in [4.69, 9.17) is 4.74 Å². The van der Waals surface area contributed by atoms with Gasteiger partial charge in [0.25, 0.3) is 5.92 Å². The minimum atomic E-state index is -4.88. The SMILES string of the molecule is COc1ccccc1N=C1NC(=O)C(CC(=O)Nc2cc(C(C)(F)F)cc(C(F)(F)F)c2)S1. The summed E-state index contributed by atoms with van der Waals surface area (Å²) in [6, 6.07) is 8.45. The molecule has 0 radical (unpaired) electrons. The number of rotatable bonds is 6. The second kappa shape index (κ2) is 9.38. The highest BCUT2D eigenvalue weighted by Gasteiger charge is 2.35. The molecular formula is C21H18F5N3O3S. The predicted molar refractivity (Wildman–Crippen MR) is 114 cm³/mol. The molecule has 1 aliphatic heterocycles. The maximum atomic E-state index is 13.6. The van der Waals surface area contributed by atoms with Gasteiger partial charge in [-0.1, -0.05) is 23.9 Å². The monoisotopic (exact) mass is 487 g/mol. The number of carbonyl (C=O) groups excluding carboxylic acids is 2. The molecule has 1 heterocycles.